The Morgan fingerprint density at radius 3 is 1.08 bits per heavy atom. The van der Waals surface area contributed by atoms with Crippen LogP contribution in [0.5, 0.6) is 0 Å². The molecule has 0 bridgehead atoms. The molecule has 0 fully saturated rings. The van der Waals surface area contributed by atoms with Crippen LogP contribution >= 0.6 is 7.82 Å². The van der Waals surface area contributed by atoms with E-state index >= 15 is 0 Å². The molecule has 0 spiro atoms. The van der Waals surface area contributed by atoms with Gasteiger partial charge in [0.1, 0.15) is 6.61 Å². The normalized spacial score (nSPS) is 13.1. The van der Waals surface area contributed by atoms with Crippen molar-refractivity contribution in [3.05, 3.63) is 12.2 Å². The molecule has 0 saturated heterocycles. The van der Waals surface area contributed by atoms with E-state index < -0.39 is 26.5 Å². The highest BCUT2D eigenvalue weighted by Gasteiger charge is 2.26. The topological polar surface area (TPSA) is 134 Å². The first-order valence-electron chi connectivity index (χ1n) is 28.7. The summed E-state index contributed by atoms with van der Waals surface area (Å²) in [5.74, 6) is -0.808. The lowest BCUT2D eigenvalue weighted by atomic mass is 10.0. The Morgan fingerprint density at radius 1 is 0.439 bits per heavy atom. The van der Waals surface area contributed by atoms with Gasteiger partial charge in [-0.1, -0.05) is 264 Å². The van der Waals surface area contributed by atoms with Crippen molar-refractivity contribution in [3.8, 4) is 0 Å². The SMILES string of the molecule is CCCCCCCCCC/C=C\CCCCCCCCCCCCCCCCCCCCCC(=O)OC(COC(=O)CCCCCCCCCCCCCCCC)COP(=O)(O)OCCN. The number of ether oxygens (including phenoxy) is 2. The molecular weight excluding hydrogens is 846 g/mol. The van der Waals surface area contributed by atoms with Gasteiger partial charge in [-0.3, -0.25) is 18.6 Å². The van der Waals surface area contributed by atoms with Gasteiger partial charge in [0, 0.05) is 19.4 Å². The molecule has 2 atom stereocenters. The molecule has 0 aliphatic carbocycles. The van der Waals surface area contributed by atoms with Crippen molar-refractivity contribution < 1.29 is 37.6 Å². The molecule has 10 heteroatoms. The van der Waals surface area contributed by atoms with Crippen molar-refractivity contribution in [2.45, 2.75) is 309 Å². The van der Waals surface area contributed by atoms with Gasteiger partial charge >= 0.3 is 19.8 Å². The molecule has 0 aromatic heterocycles. The average molecular weight is 956 g/mol. The van der Waals surface area contributed by atoms with Gasteiger partial charge < -0.3 is 20.1 Å². The monoisotopic (exact) mass is 956 g/mol. The number of phosphoric ester groups is 1. The molecule has 0 aliphatic rings. The third-order valence-electron chi connectivity index (χ3n) is 12.9. The maximum atomic E-state index is 12.7. The second kappa shape index (κ2) is 53.1. The molecule has 0 aromatic rings. The summed E-state index contributed by atoms with van der Waals surface area (Å²) in [5.41, 5.74) is 5.37. The average Bonchev–Trinajstić information content (AvgIpc) is 3.31. The smallest absolute Gasteiger partial charge is 0.462 e. The molecule has 392 valence electrons. The van der Waals surface area contributed by atoms with Crippen LogP contribution in [0.1, 0.15) is 303 Å². The van der Waals surface area contributed by atoms with Gasteiger partial charge in [-0.05, 0) is 38.5 Å². The fourth-order valence-electron chi connectivity index (χ4n) is 8.63. The van der Waals surface area contributed by atoms with Crippen molar-refractivity contribution in [2.75, 3.05) is 26.4 Å². The second-order valence-electron chi connectivity index (χ2n) is 19.5. The minimum absolute atomic E-state index is 0.0574. The van der Waals surface area contributed by atoms with Crippen LogP contribution in [0.15, 0.2) is 12.2 Å². The van der Waals surface area contributed by atoms with E-state index in [-0.39, 0.29) is 38.6 Å². The first-order valence-corrected chi connectivity index (χ1v) is 30.2. The van der Waals surface area contributed by atoms with E-state index in [1.807, 2.05) is 0 Å². The first-order chi connectivity index (χ1) is 32.3. The fraction of sp³-hybridized carbons (Fsp3) is 0.929. The number of unbranched alkanes of at least 4 members (excludes halogenated alkanes) is 40. The summed E-state index contributed by atoms with van der Waals surface area (Å²) in [6.07, 6.45) is 59.9. The number of nitrogens with two attached hydrogens (primary N) is 1. The summed E-state index contributed by atoms with van der Waals surface area (Å²) in [6, 6.07) is 0. The number of carbonyl (C=O) groups excluding carboxylic acids is 2. The Balaban J connectivity index is 3.84. The highest BCUT2D eigenvalue weighted by Crippen LogP contribution is 2.43. The molecule has 0 rings (SSSR count). The van der Waals surface area contributed by atoms with Crippen LogP contribution in [-0.4, -0.2) is 49.3 Å². The van der Waals surface area contributed by atoms with Crippen molar-refractivity contribution in [1.82, 2.24) is 0 Å². The summed E-state index contributed by atoms with van der Waals surface area (Å²) >= 11 is 0. The van der Waals surface area contributed by atoms with E-state index in [1.165, 1.54) is 238 Å². The maximum absolute atomic E-state index is 12.7. The van der Waals surface area contributed by atoms with Gasteiger partial charge in [0.15, 0.2) is 6.10 Å². The van der Waals surface area contributed by atoms with E-state index in [9.17, 15) is 19.0 Å². The van der Waals surface area contributed by atoms with Gasteiger partial charge in [0.05, 0.1) is 13.2 Å². The van der Waals surface area contributed by atoms with E-state index in [4.69, 9.17) is 24.3 Å². The Kier molecular flexibility index (Phi) is 52.1. The third-order valence-corrected chi connectivity index (χ3v) is 13.9. The number of hydrogen-bond acceptors (Lipinski definition) is 8. The molecule has 0 amide bonds. The molecule has 66 heavy (non-hydrogen) atoms. The lowest BCUT2D eigenvalue weighted by Crippen LogP contribution is -2.29. The summed E-state index contributed by atoms with van der Waals surface area (Å²) in [4.78, 5) is 35.1. The predicted octanol–water partition coefficient (Wildman–Crippen LogP) is 17.7. The minimum Gasteiger partial charge on any atom is -0.462 e. The number of allylic oxidation sites excluding steroid dienone is 2. The Hall–Kier alpha value is -1.25. The predicted molar refractivity (Wildman–Crippen MR) is 280 cm³/mol. The highest BCUT2D eigenvalue weighted by molar-refractivity contribution is 7.47. The molecule has 9 nitrogen and oxygen atoms in total. The van der Waals surface area contributed by atoms with Gasteiger partial charge in [0.25, 0.3) is 0 Å². The van der Waals surface area contributed by atoms with Crippen LogP contribution < -0.4 is 5.73 Å². The van der Waals surface area contributed by atoms with E-state index in [0.717, 1.165) is 32.1 Å². The van der Waals surface area contributed by atoms with Crippen LogP contribution in [0, 0.1) is 0 Å². The van der Waals surface area contributed by atoms with Gasteiger partial charge in [-0.25, -0.2) is 4.57 Å². The van der Waals surface area contributed by atoms with Crippen molar-refractivity contribution >= 4 is 19.8 Å². The zero-order valence-electron chi connectivity index (χ0n) is 43.7. The van der Waals surface area contributed by atoms with E-state index in [2.05, 4.69) is 26.0 Å². The summed E-state index contributed by atoms with van der Waals surface area (Å²) in [6.45, 7) is 3.80. The molecule has 0 aliphatic heterocycles. The lowest BCUT2D eigenvalue weighted by molar-refractivity contribution is -0.161. The van der Waals surface area contributed by atoms with Crippen LogP contribution in [0.2, 0.25) is 0 Å². The number of carbonyl (C=O) groups is 2. The Morgan fingerprint density at radius 2 is 0.742 bits per heavy atom. The lowest BCUT2D eigenvalue weighted by Gasteiger charge is -2.19. The molecule has 0 heterocycles. The molecule has 3 N–H and O–H groups in total. The fourth-order valence-corrected chi connectivity index (χ4v) is 9.40. The number of esters is 2. The maximum Gasteiger partial charge on any atom is 0.472 e. The Bertz CT molecular complexity index is 1090. The zero-order chi connectivity index (χ0) is 48.1. The Labute approximate surface area is 409 Å². The van der Waals surface area contributed by atoms with E-state index in [0.29, 0.717) is 6.42 Å². The summed E-state index contributed by atoms with van der Waals surface area (Å²) in [7, 11) is -4.38. The largest absolute Gasteiger partial charge is 0.472 e. The molecule has 0 saturated carbocycles. The van der Waals surface area contributed by atoms with Gasteiger partial charge in [-0.15, -0.1) is 0 Å². The minimum atomic E-state index is -4.38. The van der Waals surface area contributed by atoms with Crippen LogP contribution in [0.3, 0.4) is 0 Å². The molecule has 2 unspecified atom stereocenters. The van der Waals surface area contributed by atoms with Crippen molar-refractivity contribution in [1.29, 1.82) is 0 Å². The van der Waals surface area contributed by atoms with Gasteiger partial charge in [-0.2, -0.15) is 0 Å². The standard InChI is InChI=1S/C56H110NO8P/c1-3-5-7-9-11-13-15-17-19-20-21-22-23-24-25-26-27-28-29-30-31-32-33-34-35-37-39-41-43-45-47-49-56(59)65-54(53-64-66(60,61)63-51-50-57)52-62-55(58)48-46-44-42-40-38-36-18-16-14-12-10-8-6-4-2/h20-21,54H,3-19,22-53,57H2,1-2H3,(H,60,61)/b21-20-. The second-order valence-corrected chi connectivity index (χ2v) is 21.0. The number of rotatable bonds is 55. The number of phosphoric acid groups is 1. The van der Waals surface area contributed by atoms with Crippen molar-refractivity contribution in [3.63, 3.8) is 0 Å². The zero-order valence-corrected chi connectivity index (χ0v) is 44.6. The molecule has 0 radical (unpaired) electrons. The third kappa shape index (κ3) is 52.1. The molecular formula is C56H110NO8P. The van der Waals surface area contributed by atoms with E-state index in [1.54, 1.807) is 0 Å². The highest BCUT2D eigenvalue weighted by atomic mass is 31.2. The number of hydrogen-bond donors (Lipinski definition) is 2. The summed E-state index contributed by atoms with van der Waals surface area (Å²) in [5, 5.41) is 0. The van der Waals surface area contributed by atoms with Crippen molar-refractivity contribution in [2.24, 2.45) is 5.73 Å². The van der Waals surface area contributed by atoms with Gasteiger partial charge in [0.2, 0.25) is 0 Å². The van der Waals surface area contributed by atoms with Crippen LogP contribution in [0.25, 0.3) is 0 Å². The quantitative estimate of drug-likeness (QED) is 0.0264. The van der Waals surface area contributed by atoms with Crippen LogP contribution in [0.4, 0.5) is 0 Å². The summed E-state index contributed by atoms with van der Waals surface area (Å²) < 4.78 is 33.0. The van der Waals surface area contributed by atoms with Crippen LogP contribution in [-0.2, 0) is 32.7 Å². The molecule has 0 aromatic carbocycles. The first kappa shape index (κ1) is 64.8.